The van der Waals surface area contributed by atoms with Crippen LogP contribution >= 0.6 is 15.9 Å². The quantitative estimate of drug-likeness (QED) is 0.256. The van der Waals surface area contributed by atoms with Gasteiger partial charge in [0.1, 0.15) is 0 Å². The first-order valence-electron chi connectivity index (χ1n) is 11.6. The van der Waals surface area contributed by atoms with Gasteiger partial charge >= 0.3 is 24.3 Å². The first-order valence-corrected chi connectivity index (χ1v) is 12.4. The second-order valence-electron chi connectivity index (χ2n) is 8.63. The number of nitrogens with zero attached hydrogens (tertiary/aromatic N) is 2. The van der Waals surface area contributed by atoms with E-state index >= 15 is 0 Å². The summed E-state index contributed by atoms with van der Waals surface area (Å²) < 4.78 is 64.5. The Morgan fingerprint density at radius 3 is 2.15 bits per heavy atom. The molecule has 3 aromatic rings. The van der Waals surface area contributed by atoms with E-state index < -0.39 is 30.3 Å². The Labute approximate surface area is 236 Å². The Kier molecular flexibility index (Phi) is 11.5. The van der Waals surface area contributed by atoms with Crippen molar-refractivity contribution >= 4 is 50.4 Å². The Hall–Kier alpha value is -3.86. The first-order chi connectivity index (χ1) is 19.0. The van der Waals surface area contributed by atoms with Crippen LogP contribution in [0, 0.1) is 0 Å². The number of carbonyl (C=O) groups excluding carboxylic acids is 1. The number of aliphatic carboxylic acids is 2. The number of benzene rings is 2. The molecule has 41 heavy (non-hydrogen) atoms. The molecule has 0 bridgehead atoms. The molecular formula is C24H24BrF6N5O5. The maximum atomic E-state index is 12.7. The van der Waals surface area contributed by atoms with Crippen LogP contribution < -0.4 is 11.1 Å². The summed E-state index contributed by atoms with van der Waals surface area (Å²) in [6.07, 6.45) is -6.88. The fourth-order valence-corrected chi connectivity index (χ4v) is 3.81. The molecule has 224 valence electrons. The number of carbonyl (C=O) groups is 3. The highest BCUT2D eigenvalue weighted by molar-refractivity contribution is 9.10. The van der Waals surface area contributed by atoms with E-state index in [0.29, 0.717) is 13.0 Å². The van der Waals surface area contributed by atoms with E-state index in [-0.39, 0.29) is 11.9 Å². The van der Waals surface area contributed by atoms with Gasteiger partial charge in [0.05, 0.1) is 17.8 Å². The number of aromatic amines is 1. The third-order valence-corrected chi connectivity index (χ3v) is 6.01. The number of nitrogens with one attached hydrogen (secondary N) is 2. The molecule has 0 spiro atoms. The highest BCUT2D eigenvalue weighted by atomic mass is 79.9. The predicted molar refractivity (Wildman–Crippen MR) is 138 cm³/mol. The highest BCUT2D eigenvalue weighted by Gasteiger charge is 2.39. The maximum Gasteiger partial charge on any atom is 0.490 e. The zero-order chi connectivity index (χ0) is 31.0. The minimum atomic E-state index is -5.08. The number of alkyl halides is 6. The molecule has 1 unspecified atom stereocenters. The predicted octanol–water partition coefficient (Wildman–Crippen LogP) is 4.17. The van der Waals surface area contributed by atoms with Crippen LogP contribution in [0.15, 0.2) is 53.1 Å². The Bertz CT molecular complexity index is 1310. The lowest BCUT2D eigenvalue weighted by Gasteiger charge is -2.21. The number of carboxylic acid groups (broad SMARTS) is 2. The number of fused-ring (bicyclic) bond motifs is 1. The summed E-state index contributed by atoms with van der Waals surface area (Å²) in [5, 5.41) is 25.8. The van der Waals surface area contributed by atoms with Crippen LogP contribution in [0.3, 0.4) is 0 Å². The molecule has 1 fully saturated rings. The number of nitrogens with two attached hydrogens (primary N) is 1. The number of H-pyrrole nitrogens is 1. The zero-order valence-corrected chi connectivity index (χ0v) is 22.4. The Balaban J connectivity index is 0.000000349. The van der Waals surface area contributed by atoms with E-state index in [2.05, 4.69) is 37.5 Å². The molecular weight excluding hydrogens is 632 g/mol. The van der Waals surface area contributed by atoms with E-state index in [9.17, 15) is 31.1 Å². The van der Waals surface area contributed by atoms with Crippen LogP contribution in [0.5, 0.6) is 0 Å². The summed E-state index contributed by atoms with van der Waals surface area (Å²) in [6, 6.07) is 13.8. The second-order valence-corrected chi connectivity index (χ2v) is 9.54. The minimum absolute atomic E-state index is 0.0208. The molecule has 0 radical (unpaired) electrons. The molecule has 2 aromatic carbocycles. The molecule has 10 nitrogen and oxygen atoms in total. The number of likely N-dealkylation sites (tertiary alicyclic amines) is 1. The molecule has 1 amide bonds. The molecule has 1 saturated heterocycles. The van der Waals surface area contributed by atoms with Gasteiger partial charge < -0.3 is 26.2 Å². The van der Waals surface area contributed by atoms with Gasteiger partial charge in [-0.05, 0) is 48.7 Å². The van der Waals surface area contributed by atoms with Crippen molar-refractivity contribution < 1.29 is 50.9 Å². The van der Waals surface area contributed by atoms with Crippen molar-refractivity contribution in [2.24, 2.45) is 5.73 Å². The minimum Gasteiger partial charge on any atom is -0.475 e. The summed E-state index contributed by atoms with van der Waals surface area (Å²) in [6.45, 7) is 1.41. The van der Waals surface area contributed by atoms with Gasteiger partial charge in [-0.3, -0.25) is 9.89 Å². The summed E-state index contributed by atoms with van der Waals surface area (Å²) >= 11 is 3.42. The van der Waals surface area contributed by atoms with Crippen LogP contribution in [-0.2, 0) is 20.8 Å². The molecule has 2 atom stereocenters. The van der Waals surface area contributed by atoms with Gasteiger partial charge in [-0.1, -0.05) is 28.1 Å². The summed E-state index contributed by atoms with van der Waals surface area (Å²) in [4.78, 5) is 32.4. The smallest absolute Gasteiger partial charge is 0.475 e. The van der Waals surface area contributed by atoms with Gasteiger partial charge in [0, 0.05) is 34.7 Å². The van der Waals surface area contributed by atoms with Gasteiger partial charge in [0.25, 0.3) is 0 Å². The molecule has 1 aliphatic rings. The van der Waals surface area contributed by atoms with Crippen molar-refractivity contribution in [1.29, 1.82) is 0 Å². The van der Waals surface area contributed by atoms with Crippen LogP contribution in [0.4, 0.5) is 32.0 Å². The number of halogens is 7. The lowest BCUT2D eigenvalue weighted by Crippen LogP contribution is -2.44. The van der Waals surface area contributed by atoms with Crippen molar-refractivity contribution in [3.63, 3.8) is 0 Å². The number of hydrogen-bond donors (Lipinski definition) is 5. The fraction of sp³-hybridized carbons (Fsp3) is 0.333. The highest BCUT2D eigenvalue weighted by Crippen LogP contribution is 2.21. The largest absolute Gasteiger partial charge is 0.490 e. The molecule has 0 saturated carbocycles. The number of rotatable bonds is 5. The number of aromatic nitrogens is 2. The third-order valence-electron chi connectivity index (χ3n) is 5.48. The van der Waals surface area contributed by atoms with E-state index in [4.69, 9.17) is 25.5 Å². The monoisotopic (exact) mass is 655 g/mol. The maximum absolute atomic E-state index is 12.7. The SMILES string of the molecule is N[C@H](Cc1ccc(Br)cc1)C(=O)N1CCC(Nc2ccc3[nH]ncc3c2)C1.O=C(O)C(F)(F)F.O=C(O)C(F)(F)F. The standard InChI is InChI=1S/C20H22BrN5O.2C2HF3O2/c21-15-3-1-13(2-4-15)9-18(22)20(27)26-8-7-17(12-26)24-16-5-6-19-14(10-16)11-23-25-19;2*3-2(4,5)1(6)7/h1-6,10-11,17-18,24H,7-9,12,22H2,(H,23,25);2*(H,6,7)/t17?,18-;;/m1../s1. The Morgan fingerprint density at radius 1 is 1.05 bits per heavy atom. The Morgan fingerprint density at radius 2 is 1.61 bits per heavy atom. The number of amides is 1. The molecule has 1 aliphatic heterocycles. The normalized spacial score (nSPS) is 15.7. The van der Waals surface area contributed by atoms with Crippen LogP contribution in [0.2, 0.25) is 0 Å². The molecule has 0 aliphatic carbocycles. The van der Waals surface area contributed by atoms with Crippen LogP contribution in [0.1, 0.15) is 12.0 Å². The summed E-state index contributed by atoms with van der Waals surface area (Å²) in [5.74, 6) is -5.49. The van der Waals surface area contributed by atoms with Gasteiger partial charge in [0.15, 0.2) is 0 Å². The van der Waals surface area contributed by atoms with Crippen LogP contribution in [0.25, 0.3) is 10.9 Å². The average molecular weight is 656 g/mol. The van der Waals surface area contributed by atoms with Crippen molar-refractivity contribution in [1.82, 2.24) is 15.1 Å². The van der Waals surface area contributed by atoms with Crippen molar-refractivity contribution in [3.05, 3.63) is 58.7 Å². The van der Waals surface area contributed by atoms with Gasteiger partial charge in [0.2, 0.25) is 5.91 Å². The van der Waals surface area contributed by atoms with Crippen molar-refractivity contribution in [2.45, 2.75) is 37.3 Å². The molecule has 2 heterocycles. The molecule has 1 aromatic heterocycles. The lowest BCUT2D eigenvalue weighted by molar-refractivity contribution is -0.193. The van der Waals surface area contributed by atoms with Gasteiger partial charge in [-0.25, -0.2) is 9.59 Å². The number of anilines is 1. The average Bonchev–Trinajstić information content (AvgIpc) is 3.54. The lowest BCUT2D eigenvalue weighted by atomic mass is 10.1. The summed E-state index contributed by atoms with van der Waals surface area (Å²) in [5.41, 5.74) is 9.31. The van der Waals surface area contributed by atoms with E-state index in [1.807, 2.05) is 47.5 Å². The molecule has 17 heteroatoms. The van der Waals surface area contributed by atoms with Gasteiger partial charge in [-0.15, -0.1) is 0 Å². The van der Waals surface area contributed by atoms with Crippen LogP contribution in [-0.4, -0.2) is 80.7 Å². The summed E-state index contributed by atoms with van der Waals surface area (Å²) in [7, 11) is 0. The van der Waals surface area contributed by atoms with Gasteiger partial charge in [-0.2, -0.15) is 31.4 Å². The fourth-order valence-electron chi connectivity index (χ4n) is 3.54. The van der Waals surface area contributed by atoms with E-state index in [1.165, 1.54) is 0 Å². The zero-order valence-electron chi connectivity index (χ0n) is 20.8. The number of carboxylic acids is 2. The van der Waals surface area contributed by atoms with Crippen molar-refractivity contribution in [2.75, 3.05) is 18.4 Å². The first kappa shape index (κ1) is 33.3. The van der Waals surface area contributed by atoms with E-state index in [0.717, 1.165) is 39.6 Å². The molecule has 6 N–H and O–H groups in total. The molecule has 4 rings (SSSR count). The third kappa shape index (κ3) is 10.9. The topological polar surface area (TPSA) is 162 Å². The second kappa shape index (κ2) is 14.2. The van der Waals surface area contributed by atoms with Crippen molar-refractivity contribution in [3.8, 4) is 0 Å². The van der Waals surface area contributed by atoms with E-state index in [1.54, 1.807) is 0 Å². The number of hydrogen-bond acceptors (Lipinski definition) is 6.